The van der Waals surface area contributed by atoms with Gasteiger partial charge in [-0.1, -0.05) is 53.8 Å². The number of hydrogen-bond acceptors (Lipinski definition) is 2. The number of carbonyl (C=O) groups excluding carboxylic acids is 1. The van der Waals surface area contributed by atoms with Crippen molar-refractivity contribution in [1.29, 1.82) is 0 Å². The molecule has 0 fully saturated rings. The van der Waals surface area contributed by atoms with E-state index in [1.807, 2.05) is 30.3 Å². The van der Waals surface area contributed by atoms with Crippen LogP contribution in [0.1, 0.15) is 11.1 Å². The van der Waals surface area contributed by atoms with Crippen LogP contribution in [-0.2, 0) is 11.2 Å². The normalized spacial score (nSPS) is 9.62. The lowest BCUT2D eigenvalue weighted by Crippen LogP contribution is -2.14. The molecule has 0 saturated carbocycles. The average molecular weight is 299 g/mol. The lowest BCUT2D eigenvalue weighted by Gasteiger charge is -2.06. The van der Waals surface area contributed by atoms with Crippen LogP contribution in [0.2, 0.25) is 5.02 Å². The van der Waals surface area contributed by atoms with Crippen molar-refractivity contribution in [2.24, 2.45) is 5.73 Å². The number of benzene rings is 2. The van der Waals surface area contributed by atoms with Crippen LogP contribution in [0.5, 0.6) is 0 Å². The molecule has 3 N–H and O–H groups in total. The highest BCUT2D eigenvalue weighted by Crippen LogP contribution is 2.20. The van der Waals surface area contributed by atoms with Crippen molar-refractivity contribution in [3.63, 3.8) is 0 Å². The summed E-state index contributed by atoms with van der Waals surface area (Å²) in [6.45, 7) is 0.265. The van der Waals surface area contributed by atoms with Crippen molar-refractivity contribution in [3.8, 4) is 11.8 Å². The Morgan fingerprint density at radius 3 is 2.67 bits per heavy atom. The Morgan fingerprint density at radius 1 is 1.19 bits per heavy atom. The summed E-state index contributed by atoms with van der Waals surface area (Å²) < 4.78 is 0. The molecule has 4 heteroatoms. The first-order valence-corrected chi connectivity index (χ1v) is 6.89. The summed E-state index contributed by atoms with van der Waals surface area (Å²) in [5.74, 6) is 5.54. The van der Waals surface area contributed by atoms with E-state index in [1.54, 1.807) is 18.2 Å². The van der Waals surface area contributed by atoms with Gasteiger partial charge in [0.1, 0.15) is 0 Å². The van der Waals surface area contributed by atoms with Gasteiger partial charge in [0, 0.05) is 11.3 Å². The summed E-state index contributed by atoms with van der Waals surface area (Å²) in [4.78, 5) is 12.0. The molecular weight excluding hydrogens is 284 g/mol. The minimum absolute atomic E-state index is 0.0822. The Morgan fingerprint density at radius 2 is 1.95 bits per heavy atom. The summed E-state index contributed by atoms with van der Waals surface area (Å²) in [5.41, 5.74) is 7.63. The van der Waals surface area contributed by atoms with Gasteiger partial charge in [0.25, 0.3) is 0 Å². The second-order valence-electron chi connectivity index (χ2n) is 4.41. The van der Waals surface area contributed by atoms with Crippen LogP contribution >= 0.6 is 11.6 Å². The molecular formula is C17H15ClN2O. The molecule has 106 valence electrons. The van der Waals surface area contributed by atoms with E-state index in [1.165, 1.54) is 0 Å². The van der Waals surface area contributed by atoms with Crippen molar-refractivity contribution in [2.75, 3.05) is 11.9 Å². The molecule has 0 aliphatic heterocycles. The first-order chi connectivity index (χ1) is 10.2. The number of anilines is 1. The third-order valence-corrected chi connectivity index (χ3v) is 3.11. The second-order valence-corrected chi connectivity index (χ2v) is 4.82. The fraction of sp³-hybridized carbons (Fsp3) is 0.118. The molecule has 2 aromatic rings. The largest absolute Gasteiger partial charge is 0.326 e. The van der Waals surface area contributed by atoms with E-state index >= 15 is 0 Å². The lowest BCUT2D eigenvalue weighted by atomic mass is 10.1. The SMILES string of the molecule is NCC#Cc1cc(NC(=O)Cc2ccccc2)ccc1Cl. The molecule has 0 aliphatic carbocycles. The van der Waals surface area contributed by atoms with Crippen molar-refractivity contribution in [2.45, 2.75) is 6.42 Å². The number of carbonyl (C=O) groups is 1. The van der Waals surface area contributed by atoms with Crippen molar-refractivity contribution in [3.05, 3.63) is 64.7 Å². The quantitative estimate of drug-likeness (QED) is 0.856. The molecule has 1 amide bonds. The Kier molecular flexibility index (Phi) is 5.39. The molecule has 0 heterocycles. The zero-order valence-corrected chi connectivity index (χ0v) is 12.2. The molecule has 0 radical (unpaired) electrons. The predicted octanol–water partition coefficient (Wildman–Crippen LogP) is 2.83. The maximum absolute atomic E-state index is 12.0. The van der Waals surface area contributed by atoms with Gasteiger partial charge in [-0.05, 0) is 23.8 Å². The number of nitrogens with two attached hydrogens (primary N) is 1. The van der Waals surface area contributed by atoms with E-state index in [0.29, 0.717) is 22.7 Å². The number of rotatable bonds is 3. The van der Waals surface area contributed by atoms with E-state index in [2.05, 4.69) is 17.2 Å². The topological polar surface area (TPSA) is 55.1 Å². The minimum Gasteiger partial charge on any atom is -0.326 e. The average Bonchev–Trinajstić information content (AvgIpc) is 2.48. The van der Waals surface area contributed by atoms with E-state index in [-0.39, 0.29) is 12.5 Å². The lowest BCUT2D eigenvalue weighted by molar-refractivity contribution is -0.115. The Bertz CT molecular complexity index is 687. The predicted molar refractivity (Wildman–Crippen MR) is 86.2 cm³/mol. The van der Waals surface area contributed by atoms with Crippen molar-refractivity contribution in [1.82, 2.24) is 0 Å². The summed E-state index contributed by atoms with van der Waals surface area (Å²) in [6.07, 6.45) is 0.327. The smallest absolute Gasteiger partial charge is 0.228 e. The molecule has 0 aromatic heterocycles. The van der Waals surface area contributed by atoms with Crippen LogP contribution in [0.4, 0.5) is 5.69 Å². The van der Waals surface area contributed by atoms with Crippen LogP contribution < -0.4 is 11.1 Å². The molecule has 0 bridgehead atoms. The van der Waals surface area contributed by atoms with E-state index < -0.39 is 0 Å². The van der Waals surface area contributed by atoms with Crippen LogP contribution in [0.15, 0.2) is 48.5 Å². The highest BCUT2D eigenvalue weighted by atomic mass is 35.5. The van der Waals surface area contributed by atoms with Crippen LogP contribution in [-0.4, -0.2) is 12.5 Å². The molecule has 3 nitrogen and oxygen atoms in total. The molecule has 0 unspecified atom stereocenters. The molecule has 21 heavy (non-hydrogen) atoms. The fourth-order valence-corrected chi connectivity index (χ4v) is 2.00. The Labute approximate surface area is 129 Å². The summed E-state index contributed by atoms with van der Waals surface area (Å²) in [6, 6.07) is 14.8. The second kappa shape index (κ2) is 7.49. The highest BCUT2D eigenvalue weighted by Gasteiger charge is 2.05. The number of hydrogen-bond donors (Lipinski definition) is 2. The zero-order valence-electron chi connectivity index (χ0n) is 11.4. The minimum atomic E-state index is -0.0822. The van der Waals surface area contributed by atoms with Gasteiger partial charge in [-0.3, -0.25) is 4.79 Å². The first kappa shape index (κ1) is 15.1. The van der Waals surface area contributed by atoms with Gasteiger partial charge in [0.15, 0.2) is 0 Å². The molecule has 0 spiro atoms. The summed E-state index contributed by atoms with van der Waals surface area (Å²) in [5, 5.41) is 3.38. The Hall–Kier alpha value is -2.28. The number of halogens is 1. The molecule has 0 atom stereocenters. The van der Waals surface area contributed by atoms with Crippen LogP contribution in [0.3, 0.4) is 0 Å². The highest BCUT2D eigenvalue weighted by molar-refractivity contribution is 6.31. The van der Waals surface area contributed by atoms with E-state index in [0.717, 1.165) is 5.56 Å². The van der Waals surface area contributed by atoms with E-state index in [4.69, 9.17) is 17.3 Å². The molecule has 0 saturated heterocycles. The number of amides is 1. The summed E-state index contributed by atoms with van der Waals surface area (Å²) in [7, 11) is 0. The van der Waals surface area contributed by atoms with Gasteiger partial charge in [0.05, 0.1) is 18.0 Å². The zero-order chi connectivity index (χ0) is 15.1. The standard InChI is InChI=1S/C17H15ClN2O/c18-16-9-8-15(12-14(16)7-4-10-19)20-17(21)11-13-5-2-1-3-6-13/h1-3,5-6,8-9,12H,10-11,19H2,(H,20,21). The third kappa shape index (κ3) is 4.64. The van der Waals surface area contributed by atoms with Gasteiger partial charge in [-0.15, -0.1) is 0 Å². The van der Waals surface area contributed by atoms with Gasteiger partial charge in [-0.2, -0.15) is 0 Å². The van der Waals surface area contributed by atoms with Crippen molar-refractivity contribution < 1.29 is 4.79 Å². The summed E-state index contributed by atoms with van der Waals surface area (Å²) >= 11 is 6.04. The Balaban J connectivity index is 2.07. The van der Waals surface area contributed by atoms with Crippen molar-refractivity contribution >= 4 is 23.2 Å². The van der Waals surface area contributed by atoms with Gasteiger partial charge >= 0.3 is 0 Å². The third-order valence-electron chi connectivity index (χ3n) is 2.78. The van der Waals surface area contributed by atoms with Crippen LogP contribution in [0, 0.1) is 11.8 Å². The van der Waals surface area contributed by atoms with Gasteiger partial charge in [0.2, 0.25) is 5.91 Å². The molecule has 2 aromatic carbocycles. The number of nitrogens with one attached hydrogen (secondary N) is 1. The maximum Gasteiger partial charge on any atom is 0.228 e. The molecule has 2 rings (SSSR count). The van der Waals surface area contributed by atoms with Gasteiger partial charge < -0.3 is 11.1 Å². The monoisotopic (exact) mass is 298 g/mol. The van der Waals surface area contributed by atoms with E-state index in [9.17, 15) is 4.79 Å². The molecule has 0 aliphatic rings. The first-order valence-electron chi connectivity index (χ1n) is 6.51. The van der Waals surface area contributed by atoms with Gasteiger partial charge in [-0.25, -0.2) is 0 Å². The maximum atomic E-state index is 12.0. The van der Waals surface area contributed by atoms with Crippen LogP contribution in [0.25, 0.3) is 0 Å². The fourth-order valence-electron chi connectivity index (χ4n) is 1.83.